The van der Waals surface area contributed by atoms with Crippen molar-refractivity contribution < 1.29 is 14.3 Å². The van der Waals surface area contributed by atoms with Crippen molar-refractivity contribution in [3.05, 3.63) is 23.8 Å². The Morgan fingerprint density at radius 2 is 1.67 bits per heavy atom. The van der Waals surface area contributed by atoms with Crippen LogP contribution in [-0.4, -0.2) is 39.3 Å². The fourth-order valence-electron chi connectivity index (χ4n) is 3.19. The van der Waals surface area contributed by atoms with Crippen LogP contribution in [0.3, 0.4) is 0 Å². The fraction of sp³-hybridized carbons (Fsp3) is 0.632. The third-order valence-corrected chi connectivity index (χ3v) is 4.59. The molecule has 1 aliphatic rings. The SMILES string of the molecule is COc1ccc(C(=O)NCCNC2CCCCCCC2)cc1OC. The first kappa shape index (κ1) is 18.6. The first-order valence-corrected chi connectivity index (χ1v) is 8.98. The van der Waals surface area contributed by atoms with Crippen LogP contribution in [0.2, 0.25) is 0 Å². The summed E-state index contributed by atoms with van der Waals surface area (Å²) in [5.41, 5.74) is 0.582. The maximum absolute atomic E-state index is 12.2. The minimum atomic E-state index is -0.0876. The van der Waals surface area contributed by atoms with Gasteiger partial charge in [-0.2, -0.15) is 0 Å². The van der Waals surface area contributed by atoms with Gasteiger partial charge >= 0.3 is 0 Å². The van der Waals surface area contributed by atoms with Gasteiger partial charge in [0.1, 0.15) is 0 Å². The van der Waals surface area contributed by atoms with Gasteiger partial charge in [0.2, 0.25) is 0 Å². The zero-order chi connectivity index (χ0) is 17.2. The summed E-state index contributed by atoms with van der Waals surface area (Å²) >= 11 is 0. The Labute approximate surface area is 145 Å². The van der Waals surface area contributed by atoms with Crippen LogP contribution in [0.25, 0.3) is 0 Å². The lowest BCUT2D eigenvalue weighted by Crippen LogP contribution is -2.37. The molecule has 1 fully saturated rings. The third-order valence-electron chi connectivity index (χ3n) is 4.59. The van der Waals surface area contributed by atoms with Crippen molar-refractivity contribution in [2.24, 2.45) is 0 Å². The maximum atomic E-state index is 12.2. The molecule has 2 rings (SSSR count). The van der Waals surface area contributed by atoms with Gasteiger partial charge in [0.25, 0.3) is 5.91 Å². The normalized spacial score (nSPS) is 16.1. The van der Waals surface area contributed by atoms with E-state index in [9.17, 15) is 4.79 Å². The molecule has 134 valence electrons. The van der Waals surface area contributed by atoms with E-state index in [1.54, 1.807) is 32.4 Å². The zero-order valence-corrected chi connectivity index (χ0v) is 14.9. The van der Waals surface area contributed by atoms with Crippen molar-refractivity contribution in [1.82, 2.24) is 10.6 Å². The van der Waals surface area contributed by atoms with Gasteiger partial charge in [-0.25, -0.2) is 0 Å². The van der Waals surface area contributed by atoms with Gasteiger partial charge < -0.3 is 20.1 Å². The number of hydrogen-bond acceptors (Lipinski definition) is 4. The largest absolute Gasteiger partial charge is 0.493 e. The van der Waals surface area contributed by atoms with Gasteiger partial charge in [0, 0.05) is 24.7 Å². The molecule has 2 N–H and O–H groups in total. The van der Waals surface area contributed by atoms with Crippen molar-refractivity contribution in [1.29, 1.82) is 0 Å². The Morgan fingerprint density at radius 3 is 2.33 bits per heavy atom. The molecular formula is C19H30N2O3. The summed E-state index contributed by atoms with van der Waals surface area (Å²) in [6.45, 7) is 1.44. The fourth-order valence-corrected chi connectivity index (χ4v) is 3.19. The highest BCUT2D eigenvalue weighted by atomic mass is 16.5. The molecule has 0 aliphatic heterocycles. The van der Waals surface area contributed by atoms with Crippen LogP contribution in [0.15, 0.2) is 18.2 Å². The van der Waals surface area contributed by atoms with Crippen LogP contribution >= 0.6 is 0 Å². The molecule has 0 heterocycles. The lowest BCUT2D eigenvalue weighted by Gasteiger charge is -2.21. The number of benzene rings is 1. The number of carbonyl (C=O) groups is 1. The Balaban J connectivity index is 1.74. The minimum absolute atomic E-state index is 0.0876. The van der Waals surface area contributed by atoms with Crippen LogP contribution in [-0.2, 0) is 0 Å². The lowest BCUT2D eigenvalue weighted by molar-refractivity contribution is 0.0953. The van der Waals surface area contributed by atoms with Gasteiger partial charge in [-0.05, 0) is 31.0 Å². The van der Waals surface area contributed by atoms with E-state index in [0.29, 0.717) is 29.6 Å². The number of carbonyl (C=O) groups excluding carboxylic acids is 1. The summed E-state index contributed by atoms with van der Waals surface area (Å²) < 4.78 is 10.4. The maximum Gasteiger partial charge on any atom is 0.251 e. The molecule has 24 heavy (non-hydrogen) atoms. The van der Waals surface area contributed by atoms with Crippen LogP contribution in [0, 0.1) is 0 Å². The third kappa shape index (κ3) is 5.71. The van der Waals surface area contributed by atoms with E-state index >= 15 is 0 Å². The first-order valence-electron chi connectivity index (χ1n) is 8.98. The summed E-state index contributed by atoms with van der Waals surface area (Å²) in [6.07, 6.45) is 9.23. The number of ether oxygens (including phenoxy) is 2. The number of rotatable bonds is 7. The van der Waals surface area contributed by atoms with Gasteiger partial charge in [-0.15, -0.1) is 0 Å². The summed E-state index contributed by atoms with van der Waals surface area (Å²) in [5.74, 6) is 1.10. The molecular weight excluding hydrogens is 304 g/mol. The molecule has 0 aromatic heterocycles. The van der Waals surface area contributed by atoms with E-state index in [2.05, 4.69) is 10.6 Å². The standard InChI is InChI=1S/C19H30N2O3/c1-23-17-11-10-15(14-18(17)24-2)19(22)21-13-12-20-16-8-6-4-3-5-7-9-16/h10-11,14,16,20H,3-9,12-13H2,1-2H3,(H,21,22). The number of amides is 1. The Kier molecular flexibility index (Phi) is 7.89. The molecule has 0 spiro atoms. The average Bonchev–Trinajstić information content (AvgIpc) is 2.59. The van der Waals surface area contributed by atoms with E-state index in [1.165, 1.54) is 44.9 Å². The highest BCUT2D eigenvalue weighted by Crippen LogP contribution is 2.27. The minimum Gasteiger partial charge on any atom is -0.493 e. The smallest absolute Gasteiger partial charge is 0.251 e. The monoisotopic (exact) mass is 334 g/mol. The summed E-state index contributed by atoms with van der Waals surface area (Å²) in [7, 11) is 3.15. The van der Waals surface area contributed by atoms with Gasteiger partial charge in [0.05, 0.1) is 14.2 Å². The van der Waals surface area contributed by atoms with E-state index in [4.69, 9.17) is 9.47 Å². The van der Waals surface area contributed by atoms with Crippen LogP contribution in [0.5, 0.6) is 11.5 Å². The summed E-state index contributed by atoms with van der Waals surface area (Å²) in [6, 6.07) is 5.80. The second-order valence-corrected chi connectivity index (χ2v) is 6.32. The lowest BCUT2D eigenvalue weighted by atomic mass is 9.97. The molecule has 1 aromatic rings. The Hall–Kier alpha value is -1.75. The van der Waals surface area contributed by atoms with Crippen LogP contribution in [0.4, 0.5) is 0 Å². The Morgan fingerprint density at radius 1 is 1.00 bits per heavy atom. The predicted molar refractivity (Wildman–Crippen MR) is 96.0 cm³/mol. The highest BCUT2D eigenvalue weighted by Gasteiger charge is 2.12. The Bertz CT molecular complexity index is 511. The summed E-state index contributed by atoms with van der Waals surface area (Å²) in [5, 5.41) is 6.54. The molecule has 1 aromatic carbocycles. The van der Waals surface area contributed by atoms with Crippen LogP contribution < -0.4 is 20.1 Å². The van der Waals surface area contributed by atoms with Crippen molar-refractivity contribution in [3.63, 3.8) is 0 Å². The van der Waals surface area contributed by atoms with Crippen molar-refractivity contribution >= 4 is 5.91 Å². The van der Waals surface area contributed by atoms with Gasteiger partial charge in [-0.3, -0.25) is 4.79 Å². The second-order valence-electron chi connectivity index (χ2n) is 6.32. The number of nitrogens with one attached hydrogen (secondary N) is 2. The summed E-state index contributed by atoms with van der Waals surface area (Å²) in [4.78, 5) is 12.2. The van der Waals surface area contributed by atoms with Crippen LogP contribution in [0.1, 0.15) is 55.3 Å². The zero-order valence-electron chi connectivity index (χ0n) is 14.9. The molecule has 0 atom stereocenters. The van der Waals surface area contributed by atoms with Crippen molar-refractivity contribution in [2.75, 3.05) is 27.3 Å². The average molecular weight is 334 g/mol. The quantitative estimate of drug-likeness (QED) is 0.752. The highest BCUT2D eigenvalue weighted by molar-refractivity contribution is 5.94. The molecule has 0 unspecified atom stereocenters. The molecule has 0 bridgehead atoms. The van der Waals surface area contributed by atoms with E-state index in [-0.39, 0.29) is 5.91 Å². The number of hydrogen-bond donors (Lipinski definition) is 2. The van der Waals surface area contributed by atoms with E-state index in [0.717, 1.165) is 6.54 Å². The molecule has 0 radical (unpaired) electrons. The predicted octanol–water partition coefficient (Wildman–Crippen LogP) is 3.14. The van der Waals surface area contributed by atoms with Gasteiger partial charge in [-0.1, -0.05) is 32.1 Å². The molecule has 1 aliphatic carbocycles. The first-order chi connectivity index (χ1) is 11.7. The second kappa shape index (κ2) is 10.2. The molecule has 1 amide bonds. The van der Waals surface area contributed by atoms with Crippen molar-refractivity contribution in [2.45, 2.75) is 51.0 Å². The number of methoxy groups -OCH3 is 2. The van der Waals surface area contributed by atoms with E-state index in [1.807, 2.05) is 0 Å². The van der Waals surface area contributed by atoms with Crippen molar-refractivity contribution in [3.8, 4) is 11.5 Å². The van der Waals surface area contributed by atoms with E-state index < -0.39 is 0 Å². The molecule has 1 saturated carbocycles. The molecule has 5 heteroatoms. The molecule has 5 nitrogen and oxygen atoms in total. The topological polar surface area (TPSA) is 59.6 Å². The van der Waals surface area contributed by atoms with Gasteiger partial charge in [0.15, 0.2) is 11.5 Å². The molecule has 0 saturated heterocycles.